The molecule has 5 nitrogen and oxygen atoms in total. The van der Waals surface area contributed by atoms with Gasteiger partial charge in [0, 0.05) is 17.6 Å². The van der Waals surface area contributed by atoms with Crippen LogP contribution in [0.3, 0.4) is 0 Å². The molecule has 1 aliphatic rings. The number of hydrogen-bond donors (Lipinski definition) is 2. The highest BCUT2D eigenvalue weighted by molar-refractivity contribution is 6.31. The molecule has 0 aliphatic carbocycles. The molecule has 21 heavy (non-hydrogen) atoms. The summed E-state index contributed by atoms with van der Waals surface area (Å²) in [6, 6.07) is 5.38. The Hall–Kier alpha value is -1.14. The summed E-state index contributed by atoms with van der Waals surface area (Å²) in [5.41, 5.74) is 6.50. The molecule has 0 spiro atoms. The molecule has 0 radical (unpaired) electrons. The van der Waals surface area contributed by atoms with E-state index >= 15 is 0 Å². The second kappa shape index (κ2) is 6.75. The van der Waals surface area contributed by atoms with E-state index in [-0.39, 0.29) is 24.0 Å². The number of aromatic amines is 1. The summed E-state index contributed by atoms with van der Waals surface area (Å²) in [7, 11) is 0. The number of fused-ring (bicyclic) bond motifs is 1. The third-order valence-corrected chi connectivity index (χ3v) is 3.87. The fourth-order valence-corrected chi connectivity index (χ4v) is 2.85. The van der Waals surface area contributed by atoms with E-state index < -0.39 is 0 Å². The number of nitrogens with two attached hydrogens (primary N) is 1. The van der Waals surface area contributed by atoms with Crippen LogP contribution in [0, 0.1) is 0 Å². The fraction of sp³-hybridized carbons (Fsp3) is 0.429. The van der Waals surface area contributed by atoms with Gasteiger partial charge >= 0.3 is 0 Å². The van der Waals surface area contributed by atoms with E-state index in [9.17, 15) is 4.79 Å². The number of halogens is 2. The summed E-state index contributed by atoms with van der Waals surface area (Å²) < 4.78 is 0. The molecule has 2 aromatic rings. The van der Waals surface area contributed by atoms with Gasteiger partial charge in [-0.25, -0.2) is 4.98 Å². The van der Waals surface area contributed by atoms with E-state index in [4.69, 9.17) is 17.3 Å². The van der Waals surface area contributed by atoms with Gasteiger partial charge in [-0.2, -0.15) is 0 Å². The lowest BCUT2D eigenvalue weighted by atomic mass is 10.1. The SMILES string of the molecule is Cl.NC1CCCN(Cc2nc3ccc(Cl)cc3c(=O)[nH]2)C1. The van der Waals surface area contributed by atoms with Crippen LogP contribution in [0.2, 0.25) is 5.02 Å². The lowest BCUT2D eigenvalue weighted by molar-refractivity contribution is 0.197. The third-order valence-electron chi connectivity index (χ3n) is 3.63. The number of rotatable bonds is 2. The van der Waals surface area contributed by atoms with Crippen molar-refractivity contribution in [2.24, 2.45) is 5.73 Å². The Morgan fingerprint density at radius 1 is 1.48 bits per heavy atom. The van der Waals surface area contributed by atoms with Crippen LogP contribution in [0.5, 0.6) is 0 Å². The second-order valence-corrected chi connectivity index (χ2v) is 5.75. The maximum atomic E-state index is 12.1. The summed E-state index contributed by atoms with van der Waals surface area (Å²) in [6.45, 7) is 2.47. The average molecular weight is 329 g/mol. The smallest absolute Gasteiger partial charge is 0.258 e. The first-order chi connectivity index (χ1) is 9.61. The van der Waals surface area contributed by atoms with Crippen molar-refractivity contribution in [2.75, 3.05) is 13.1 Å². The zero-order chi connectivity index (χ0) is 14.1. The normalized spacial score (nSPS) is 19.4. The standard InChI is InChI=1S/C14H17ClN4O.ClH/c15-9-3-4-12-11(6-9)14(20)18-13(17-12)8-19-5-1-2-10(16)7-19;/h3-4,6,10H,1-2,5,7-8,16H2,(H,17,18,20);1H. The maximum absolute atomic E-state index is 12.1. The quantitative estimate of drug-likeness (QED) is 0.883. The Labute approximate surface area is 133 Å². The molecule has 1 unspecified atom stereocenters. The molecule has 0 bridgehead atoms. The molecule has 3 N–H and O–H groups in total. The molecule has 1 aromatic carbocycles. The summed E-state index contributed by atoms with van der Waals surface area (Å²) in [5.74, 6) is 0.680. The van der Waals surface area contributed by atoms with Crippen molar-refractivity contribution in [3.05, 3.63) is 39.4 Å². The molecular formula is C14H18Cl2N4O. The summed E-state index contributed by atoms with van der Waals surface area (Å²) in [6.07, 6.45) is 2.16. The molecule has 1 aromatic heterocycles. The zero-order valence-electron chi connectivity index (χ0n) is 11.5. The van der Waals surface area contributed by atoms with Crippen LogP contribution in [-0.2, 0) is 6.54 Å². The fourth-order valence-electron chi connectivity index (χ4n) is 2.68. The molecule has 0 saturated carbocycles. The summed E-state index contributed by atoms with van der Waals surface area (Å²) >= 11 is 5.90. The minimum atomic E-state index is -0.145. The molecule has 114 valence electrons. The van der Waals surface area contributed by atoms with Gasteiger partial charge in [-0.05, 0) is 37.6 Å². The number of benzene rings is 1. The van der Waals surface area contributed by atoms with E-state index in [2.05, 4.69) is 14.9 Å². The van der Waals surface area contributed by atoms with Crippen molar-refractivity contribution in [2.45, 2.75) is 25.4 Å². The van der Waals surface area contributed by atoms with Gasteiger partial charge in [-0.1, -0.05) is 11.6 Å². The van der Waals surface area contributed by atoms with Crippen LogP contribution < -0.4 is 11.3 Å². The molecule has 1 aliphatic heterocycles. The van der Waals surface area contributed by atoms with Gasteiger partial charge in [0.2, 0.25) is 0 Å². The van der Waals surface area contributed by atoms with Crippen LogP contribution in [-0.4, -0.2) is 34.0 Å². The van der Waals surface area contributed by atoms with Gasteiger partial charge in [0.25, 0.3) is 5.56 Å². The number of aromatic nitrogens is 2. The van der Waals surface area contributed by atoms with Gasteiger partial charge < -0.3 is 10.7 Å². The third kappa shape index (κ3) is 3.74. The molecule has 0 amide bonds. The molecule has 1 atom stereocenters. The molecular weight excluding hydrogens is 311 g/mol. The summed E-state index contributed by atoms with van der Waals surface area (Å²) in [4.78, 5) is 21.6. The van der Waals surface area contributed by atoms with E-state index in [1.54, 1.807) is 18.2 Å². The highest BCUT2D eigenvalue weighted by Gasteiger charge is 2.17. The number of nitrogens with one attached hydrogen (secondary N) is 1. The van der Waals surface area contributed by atoms with Crippen LogP contribution in [0.1, 0.15) is 18.7 Å². The van der Waals surface area contributed by atoms with Crippen molar-refractivity contribution in [1.29, 1.82) is 0 Å². The molecule has 1 fully saturated rings. The highest BCUT2D eigenvalue weighted by atomic mass is 35.5. The number of H-pyrrole nitrogens is 1. The van der Waals surface area contributed by atoms with Crippen molar-refractivity contribution in [1.82, 2.24) is 14.9 Å². The summed E-state index contributed by atoms with van der Waals surface area (Å²) in [5, 5.41) is 1.07. The Bertz CT molecular complexity index is 688. The zero-order valence-corrected chi connectivity index (χ0v) is 13.1. The van der Waals surface area contributed by atoms with Gasteiger partial charge in [0.05, 0.1) is 17.4 Å². The molecule has 1 saturated heterocycles. The largest absolute Gasteiger partial charge is 0.327 e. The second-order valence-electron chi connectivity index (χ2n) is 5.31. The lowest BCUT2D eigenvalue weighted by Gasteiger charge is -2.30. The number of piperidine rings is 1. The van der Waals surface area contributed by atoms with E-state index in [0.717, 1.165) is 25.9 Å². The van der Waals surface area contributed by atoms with Crippen LogP contribution in [0.15, 0.2) is 23.0 Å². The molecule has 7 heteroatoms. The van der Waals surface area contributed by atoms with Gasteiger partial charge in [-0.3, -0.25) is 9.69 Å². The monoisotopic (exact) mass is 328 g/mol. The number of likely N-dealkylation sites (tertiary alicyclic amines) is 1. The number of nitrogens with zero attached hydrogens (tertiary/aromatic N) is 2. The Morgan fingerprint density at radius 3 is 3.05 bits per heavy atom. The topological polar surface area (TPSA) is 75.0 Å². The first-order valence-electron chi connectivity index (χ1n) is 6.78. The first kappa shape index (κ1) is 16.2. The Morgan fingerprint density at radius 2 is 2.29 bits per heavy atom. The lowest BCUT2D eigenvalue weighted by Crippen LogP contribution is -2.42. The Kier molecular flexibility index (Phi) is 5.22. The molecule has 2 heterocycles. The van der Waals surface area contributed by atoms with E-state index in [0.29, 0.717) is 28.3 Å². The van der Waals surface area contributed by atoms with Crippen molar-refractivity contribution in [3.8, 4) is 0 Å². The highest BCUT2D eigenvalue weighted by Crippen LogP contribution is 2.15. The Balaban J connectivity index is 0.00000161. The van der Waals surface area contributed by atoms with Crippen LogP contribution in [0.25, 0.3) is 10.9 Å². The minimum absolute atomic E-state index is 0. The maximum Gasteiger partial charge on any atom is 0.258 e. The predicted molar refractivity (Wildman–Crippen MR) is 87.1 cm³/mol. The van der Waals surface area contributed by atoms with Gasteiger partial charge in [0.1, 0.15) is 5.82 Å². The van der Waals surface area contributed by atoms with Gasteiger partial charge in [0.15, 0.2) is 0 Å². The van der Waals surface area contributed by atoms with Crippen molar-refractivity contribution >= 4 is 34.9 Å². The van der Waals surface area contributed by atoms with Crippen LogP contribution >= 0.6 is 24.0 Å². The van der Waals surface area contributed by atoms with Gasteiger partial charge in [-0.15, -0.1) is 12.4 Å². The first-order valence-corrected chi connectivity index (χ1v) is 7.16. The predicted octanol–water partition coefficient (Wildman–Crippen LogP) is 1.92. The van der Waals surface area contributed by atoms with Crippen molar-refractivity contribution in [3.63, 3.8) is 0 Å². The van der Waals surface area contributed by atoms with E-state index in [1.165, 1.54) is 0 Å². The van der Waals surface area contributed by atoms with E-state index in [1.807, 2.05) is 0 Å². The molecule has 3 rings (SSSR count). The average Bonchev–Trinajstić information content (AvgIpc) is 2.40. The van der Waals surface area contributed by atoms with Crippen molar-refractivity contribution < 1.29 is 0 Å². The number of hydrogen-bond acceptors (Lipinski definition) is 4. The minimum Gasteiger partial charge on any atom is -0.327 e. The van der Waals surface area contributed by atoms with Crippen LogP contribution in [0.4, 0.5) is 0 Å².